The van der Waals surface area contributed by atoms with Gasteiger partial charge in [-0.25, -0.2) is 0 Å². The van der Waals surface area contributed by atoms with Crippen LogP contribution in [0, 0.1) is 0 Å². The number of hydrogen-bond acceptors (Lipinski definition) is 6. The number of ether oxygens (including phenoxy) is 2. The van der Waals surface area contributed by atoms with Crippen LogP contribution in [0.15, 0.2) is 84.0 Å². The van der Waals surface area contributed by atoms with E-state index in [1.54, 1.807) is 14.2 Å². The minimum Gasteiger partial charge on any atom is -0.497 e. The maximum Gasteiger partial charge on any atom is 0.230 e. The molecule has 0 fully saturated rings. The molecular formula is C27H28N4O3S. The van der Waals surface area contributed by atoms with Gasteiger partial charge < -0.3 is 19.4 Å². The molecule has 0 atom stereocenters. The smallest absolute Gasteiger partial charge is 0.230 e. The molecule has 0 aliphatic heterocycles. The molecule has 4 aromatic rings. The first-order chi connectivity index (χ1) is 17.2. The SMILES string of the molecule is COc1ccc(CNC(=O)CSc2nnc(-c3ccccc3OC)n2CCc2ccccc2)cc1. The van der Waals surface area contributed by atoms with Crippen molar-refractivity contribution in [1.82, 2.24) is 20.1 Å². The van der Waals surface area contributed by atoms with Crippen molar-refractivity contribution in [3.8, 4) is 22.9 Å². The summed E-state index contributed by atoms with van der Waals surface area (Å²) in [5.74, 6) is 2.42. The van der Waals surface area contributed by atoms with Crippen molar-refractivity contribution in [2.45, 2.75) is 24.7 Å². The Morgan fingerprint density at radius 2 is 1.63 bits per heavy atom. The van der Waals surface area contributed by atoms with Crippen molar-refractivity contribution in [1.29, 1.82) is 0 Å². The molecule has 0 unspecified atom stereocenters. The molecule has 1 N–H and O–H groups in total. The van der Waals surface area contributed by atoms with Crippen LogP contribution in [0.25, 0.3) is 11.4 Å². The number of carbonyl (C=O) groups excluding carboxylic acids is 1. The average Bonchev–Trinajstić information content (AvgIpc) is 3.32. The van der Waals surface area contributed by atoms with Crippen LogP contribution < -0.4 is 14.8 Å². The molecule has 1 heterocycles. The Morgan fingerprint density at radius 3 is 2.37 bits per heavy atom. The first-order valence-electron chi connectivity index (χ1n) is 11.3. The van der Waals surface area contributed by atoms with Crippen molar-refractivity contribution < 1.29 is 14.3 Å². The molecule has 180 valence electrons. The summed E-state index contributed by atoms with van der Waals surface area (Å²) in [6, 6.07) is 25.7. The Kier molecular flexibility index (Phi) is 8.40. The molecule has 4 rings (SSSR count). The first-order valence-corrected chi connectivity index (χ1v) is 12.3. The van der Waals surface area contributed by atoms with E-state index in [0.29, 0.717) is 18.2 Å². The fourth-order valence-corrected chi connectivity index (χ4v) is 4.43. The molecule has 0 bridgehead atoms. The summed E-state index contributed by atoms with van der Waals surface area (Å²) < 4.78 is 12.8. The van der Waals surface area contributed by atoms with Gasteiger partial charge in [-0.15, -0.1) is 10.2 Å². The van der Waals surface area contributed by atoms with E-state index in [-0.39, 0.29) is 11.7 Å². The van der Waals surface area contributed by atoms with Crippen molar-refractivity contribution in [2.75, 3.05) is 20.0 Å². The molecule has 0 saturated heterocycles. The van der Waals surface area contributed by atoms with E-state index in [9.17, 15) is 4.79 Å². The van der Waals surface area contributed by atoms with Crippen molar-refractivity contribution in [2.24, 2.45) is 0 Å². The minimum atomic E-state index is -0.0673. The molecule has 0 saturated carbocycles. The second kappa shape index (κ2) is 12.1. The van der Waals surface area contributed by atoms with E-state index in [1.165, 1.54) is 17.3 Å². The van der Waals surface area contributed by atoms with Crippen molar-refractivity contribution in [3.05, 3.63) is 90.0 Å². The van der Waals surface area contributed by atoms with E-state index in [4.69, 9.17) is 9.47 Å². The molecular weight excluding hydrogens is 460 g/mol. The number of methoxy groups -OCH3 is 2. The highest BCUT2D eigenvalue weighted by Gasteiger charge is 2.18. The summed E-state index contributed by atoms with van der Waals surface area (Å²) in [7, 11) is 3.28. The van der Waals surface area contributed by atoms with Crippen LogP contribution in [-0.4, -0.2) is 40.6 Å². The molecule has 0 radical (unpaired) electrons. The minimum absolute atomic E-state index is 0.0673. The molecule has 3 aromatic carbocycles. The topological polar surface area (TPSA) is 78.3 Å². The van der Waals surface area contributed by atoms with Crippen LogP contribution in [0.1, 0.15) is 11.1 Å². The fraction of sp³-hybridized carbons (Fsp3) is 0.222. The highest BCUT2D eigenvalue weighted by Crippen LogP contribution is 2.31. The van der Waals surface area contributed by atoms with Gasteiger partial charge in [-0.2, -0.15) is 0 Å². The van der Waals surface area contributed by atoms with Gasteiger partial charge >= 0.3 is 0 Å². The van der Waals surface area contributed by atoms with Gasteiger partial charge in [-0.1, -0.05) is 66.4 Å². The zero-order valence-electron chi connectivity index (χ0n) is 19.8. The van der Waals surface area contributed by atoms with Gasteiger partial charge in [0.05, 0.1) is 25.5 Å². The molecule has 35 heavy (non-hydrogen) atoms. The largest absolute Gasteiger partial charge is 0.497 e. The lowest BCUT2D eigenvalue weighted by Crippen LogP contribution is -2.24. The van der Waals surface area contributed by atoms with Crippen LogP contribution in [0.3, 0.4) is 0 Å². The second-order valence-electron chi connectivity index (χ2n) is 7.81. The van der Waals surface area contributed by atoms with Gasteiger partial charge in [0.15, 0.2) is 11.0 Å². The van der Waals surface area contributed by atoms with Crippen LogP contribution in [0.4, 0.5) is 0 Å². The standard InChI is InChI=1S/C27H28N4O3S/c1-33-22-14-12-21(13-15-22)18-28-25(32)19-35-27-30-29-26(23-10-6-7-11-24(23)34-2)31(27)17-16-20-8-4-3-5-9-20/h3-15H,16-19H2,1-2H3,(H,28,32). The summed E-state index contributed by atoms with van der Waals surface area (Å²) >= 11 is 1.38. The van der Waals surface area contributed by atoms with Crippen LogP contribution >= 0.6 is 11.8 Å². The van der Waals surface area contributed by atoms with Gasteiger partial charge in [0, 0.05) is 13.1 Å². The Bertz CT molecular complexity index is 1240. The van der Waals surface area contributed by atoms with Crippen molar-refractivity contribution >= 4 is 17.7 Å². The van der Waals surface area contributed by atoms with Gasteiger partial charge in [0.1, 0.15) is 11.5 Å². The number of amides is 1. The monoisotopic (exact) mass is 488 g/mol. The van der Waals surface area contributed by atoms with Crippen LogP contribution in [0.5, 0.6) is 11.5 Å². The van der Waals surface area contributed by atoms with Crippen LogP contribution in [0.2, 0.25) is 0 Å². The fourth-order valence-electron chi connectivity index (χ4n) is 3.64. The van der Waals surface area contributed by atoms with Gasteiger partial charge in [-0.05, 0) is 41.8 Å². The number of thioether (sulfide) groups is 1. The molecule has 7 nitrogen and oxygen atoms in total. The quantitative estimate of drug-likeness (QED) is 0.311. The second-order valence-corrected chi connectivity index (χ2v) is 8.75. The number of benzene rings is 3. The molecule has 1 aromatic heterocycles. The van der Waals surface area contributed by atoms with E-state index < -0.39 is 0 Å². The Labute approximate surface area is 209 Å². The molecule has 0 aliphatic carbocycles. The third kappa shape index (κ3) is 6.42. The number of nitrogens with zero attached hydrogens (tertiary/aromatic N) is 3. The lowest BCUT2D eigenvalue weighted by atomic mass is 10.1. The summed E-state index contributed by atoms with van der Waals surface area (Å²) in [4.78, 5) is 12.5. The summed E-state index contributed by atoms with van der Waals surface area (Å²) in [6.45, 7) is 1.14. The van der Waals surface area contributed by atoms with E-state index in [1.807, 2.05) is 66.7 Å². The van der Waals surface area contributed by atoms with Gasteiger partial charge in [0.2, 0.25) is 5.91 Å². The lowest BCUT2D eigenvalue weighted by molar-refractivity contribution is -0.118. The van der Waals surface area contributed by atoms with E-state index in [0.717, 1.165) is 34.9 Å². The Balaban J connectivity index is 1.46. The molecule has 8 heteroatoms. The number of hydrogen-bond donors (Lipinski definition) is 1. The molecule has 0 spiro atoms. The highest BCUT2D eigenvalue weighted by molar-refractivity contribution is 7.99. The normalized spacial score (nSPS) is 10.7. The Morgan fingerprint density at radius 1 is 0.886 bits per heavy atom. The highest BCUT2D eigenvalue weighted by atomic mass is 32.2. The molecule has 1 amide bonds. The average molecular weight is 489 g/mol. The zero-order valence-corrected chi connectivity index (χ0v) is 20.6. The summed E-state index contributed by atoms with van der Waals surface area (Å²) in [5, 5.41) is 12.5. The summed E-state index contributed by atoms with van der Waals surface area (Å²) in [6.07, 6.45) is 0.818. The maximum absolute atomic E-state index is 12.5. The van der Waals surface area contributed by atoms with E-state index in [2.05, 4.69) is 32.2 Å². The Hall–Kier alpha value is -3.78. The third-order valence-corrected chi connectivity index (χ3v) is 6.48. The first kappa shape index (κ1) is 24.3. The van der Waals surface area contributed by atoms with Gasteiger partial charge in [-0.3, -0.25) is 4.79 Å². The number of para-hydroxylation sites is 1. The predicted molar refractivity (Wildman–Crippen MR) is 138 cm³/mol. The lowest BCUT2D eigenvalue weighted by Gasteiger charge is -2.12. The number of aryl methyl sites for hydroxylation is 1. The maximum atomic E-state index is 12.5. The van der Waals surface area contributed by atoms with Gasteiger partial charge in [0.25, 0.3) is 0 Å². The third-order valence-electron chi connectivity index (χ3n) is 5.51. The van der Waals surface area contributed by atoms with Crippen LogP contribution in [-0.2, 0) is 24.3 Å². The number of aromatic nitrogens is 3. The number of rotatable bonds is 11. The number of carbonyl (C=O) groups is 1. The van der Waals surface area contributed by atoms with E-state index >= 15 is 0 Å². The number of nitrogens with one attached hydrogen (secondary N) is 1. The van der Waals surface area contributed by atoms with Crippen molar-refractivity contribution in [3.63, 3.8) is 0 Å². The molecule has 0 aliphatic rings. The predicted octanol–water partition coefficient (Wildman–Crippen LogP) is 4.61. The zero-order chi connectivity index (χ0) is 24.5. The summed E-state index contributed by atoms with van der Waals surface area (Å²) in [5.41, 5.74) is 3.10.